The minimum Gasteiger partial charge on any atom is -0.496 e. The first-order valence-corrected chi connectivity index (χ1v) is 13.3. The summed E-state index contributed by atoms with van der Waals surface area (Å²) in [4.78, 5) is 32.5. The van der Waals surface area contributed by atoms with E-state index in [9.17, 15) is 9.59 Å². The Morgan fingerprint density at radius 1 is 1.24 bits per heavy atom. The normalized spacial score (nSPS) is 14.9. The van der Waals surface area contributed by atoms with Gasteiger partial charge in [0.1, 0.15) is 23.6 Å². The third-order valence-electron chi connectivity index (χ3n) is 5.88. The number of rotatable bonds is 9. The molecule has 0 radical (unpaired) electrons. The van der Waals surface area contributed by atoms with Crippen molar-refractivity contribution in [2.75, 3.05) is 20.3 Å². The van der Waals surface area contributed by atoms with E-state index in [1.807, 2.05) is 19.1 Å². The molecule has 4 rings (SSSR count). The molecule has 0 amide bonds. The molecule has 196 valence electrons. The molecular formula is C28H26ClN3O5S. The van der Waals surface area contributed by atoms with Crippen molar-refractivity contribution in [2.45, 2.75) is 32.7 Å². The van der Waals surface area contributed by atoms with Crippen molar-refractivity contribution in [3.05, 3.63) is 89.6 Å². The highest BCUT2D eigenvalue weighted by atomic mass is 35.5. The lowest BCUT2D eigenvalue weighted by Gasteiger charge is -2.27. The topological polar surface area (TPSA) is 103 Å². The van der Waals surface area contributed by atoms with Crippen LogP contribution >= 0.6 is 22.9 Å². The Balaban J connectivity index is 2.03. The summed E-state index contributed by atoms with van der Waals surface area (Å²) in [5.74, 6) is 0.409. The summed E-state index contributed by atoms with van der Waals surface area (Å²) >= 11 is 7.59. The number of halogens is 1. The molecule has 8 nitrogen and oxygen atoms in total. The van der Waals surface area contributed by atoms with Gasteiger partial charge in [0.15, 0.2) is 11.4 Å². The molecular weight excluding hydrogens is 526 g/mol. The highest BCUT2D eigenvalue weighted by Crippen LogP contribution is 2.38. The molecule has 1 aromatic heterocycles. The quantitative estimate of drug-likeness (QED) is 0.370. The maximum absolute atomic E-state index is 13.9. The number of fused-ring (bicyclic) bond motifs is 1. The highest BCUT2D eigenvalue weighted by molar-refractivity contribution is 7.07. The Bertz CT molecular complexity index is 1620. The zero-order valence-corrected chi connectivity index (χ0v) is 22.8. The minimum atomic E-state index is -0.854. The van der Waals surface area contributed by atoms with Crippen LogP contribution < -0.4 is 24.4 Å². The first-order chi connectivity index (χ1) is 18.4. The summed E-state index contributed by atoms with van der Waals surface area (Å²) in [5, 5.41) is 9.36. The van der Waals surface area contributed by atoms with Crippen molar-refractivity contribution in [1.82, 2.24) is 4.57 Å². The van der Waals surface area contributed by atoms with Gasteiger partial charge in [-0.1, -0.05) is 54.5 Å². The van der Waals surface area contributed by atoms with E-state index in [2.05, 4.69) is 0 Å². The Labute approximate surface area is 228 Å². The molecule has 0 N–H and O–H groups in total. The Morgan fingerprint density at radius 3 is 2.74 bits per heavy atom. The number of esters is 1. The van der Waals surface area contributed by atoms with Gasteiger partial charge < -0.3 is 14.2 Å². The van der Waals surface area contributed by atoms with E-state index >= 15 is 0 Å². The number of aromatic nitrogens is 1. The number of carbonyl (C=O) groups is 1. The molecule has 0 aliphatic carbocycles. The third-order valence-corrected chi connectivity index (χ3v) is 7.09. The standard InChI is InChI=1S/C28H26ClN3O5S/c1-4-8-20-24(27(34)36-5-2)25(19-16-18(29)11-12-22(19)35-3)32-26(33)23(38-28(32)31-20)15-17-9-6-7-10-21(17)37-14-13-30/h6-7,9-12,15-16,25H,4-5,8,14H2,1-3H3/b23-15+/t25-/m0/s1. The van der Waals surface area contributed by atoms with Crippen LogP contribution in [0.15, 0.2) is 63.5 Å². The summed E-state index contributed by atoms with van der Waals surface area (Å²) in [7, 11) is 1.52. The van der Waals surface area contributed by atoms with Gasteiger partial charge in [0.2, 0.25) is 0 Å². The van der Waals surface area contributed by atoms with Gasteiger partial charge in [0, 0.05) is 16.1 Å². The Kier molecular flexibility index (Phi) is 8.66. The number of thiazole rings is 1. The predicted molar refractivity (Wildman–Crippen MR) is 145 cm³/mol. The fraction of sp³-hybridized carbons (Fsp3) is 0.286. The number of benzene rings is 2. The van der Waals surface area contributed by atoms with E-state index in [1.165, 1.54) is 23.0 Å². The molecule has 1 aliphatic rings. The van der Waals surface area contributed by atoms with E-state index in [4.69, 9.17) is 36.1 Å². The number of hydrogen-bond acceptors (Lipinski definition) is 8. The number of nitriles is 1. The van der Waals surface area contributed by atoms with Crippen LogP contribution in [-0.4, -0.2) is 30.9 Å². The number of hydrogen-bond donors (Lipinski definition) is 0. The number of carbonyl (C=O) groups excluding carboxylic acids is 1. The van der Waals surface area contributed by atoms with Gasteiger partial charge in [0.05, 0.1) is 29.5 Å². The molecule has 10 heteroatoms. The van der Waals surface area contributed by atoms with Crippen molar-refractivity contribution in [2.24, 2.45) is 4.99 Å². The SMILES string of the molecule is CCCC1=C(C(=O)OCC)[C@H](c2cc(Cl)ccc2OC)n2c(s/c(=C/c3ccccc3OCC#N)c2=O)=N1. The molecule has 1 atom stereocenters. The van der Waals surface area contributed by atoms with Gasteiger partial charge in [-0.15, -0.1) is 0 Å². The molecule has 38 heavy (non-hydrogen) atoms. The average molecular weight is 552 g/mol. The summed E-state index contributed by atoms with van der Waals surface area (Å²) in [5.41, 5.74) is 1.70. The lowest BCUT2D eigenvalue weighted by molar-refractivity contribution is -0.139. The molecule has 0 saturated carbocycles. The summed E-state index contributed by atoms with van der Waals surface area (Å²) in [6.07, 6.45) is 2.96. The maximum atomic E-state index is 13.9. The highest BCUT2D eigenvalue weighted by Gasteiger charge is 2.36. The van der Waals surface area contributed by atoms with Gasteiger partial charge in [-0.2, -0.15) is 5.26 Å². The van der Waals surface area contributed by atoms with Gasteiger partial charge >= 0.3 is 5.97 Å². The lowest BCUT2D eigenvalue weighted by atomic mass is 9.93. The fourth-order valence-electron chi connectivity index (χ4n) is 4.32. The molecule has 0 saturated heterocycles. The fourth-order valence-corrected chi connectivity index (χ4v) is 5.51. The Morgan fingerprint density at radius 2 is 2.03 bits per heavy atom. The van der Waals surface area contributed by atoms with E-state index in [0.717, 1.165) is 6.42 Å². The first kappa shape index (κ1) is 27.2. The number of ether oxygens (including phenoxy) is 3. The van der Waals surface area contributed by atoms with Crippen LogP contribution in [0, 0.1) is 11.3 Å². The van der Waals surface area contributed by atoms with Gasteiger partial charge in [-0.25, -0.2) is 9.79 Å². The summed E-state index contributed by atoms with van der Waals surface area (Å²) < 4.78 is 18.5. The average Bonchev–Trinajstić information content (AvgIpc) is 3.22. The van der Waals surface area contributed by atoms with Crippen molar-refractivity contribution in [1.29, 1.82) is 5.26 Å². The zero-order valence-electron chi connectivity index (χ0n) is 21.2. The largest absolute Gasteiger partial charge is 0.496 e. The third kappa shape index (κ3) is 5.37. The lowest BCUT2D eigenvalue weighted by Crippen LogP contribution is -2.40. The second-order valence-corrected chi connectivity index (χ2v) is 9.73. The van der Waals surface area contributed by atoms with E-state index in [1.54, 1.807) is 49.4 Å². The monoisotopic (exact) mass is 551 g/mol. The molecule has 0 unspecified atom stereocenters. The molecule has 2 heterocycles. The number of allylic oxidation sites excluding steroid dienone is 1. The summed E-state index contributed by atoms with van der Waals surface area (Å²) in [6, 6.07) is 13.3. The van der Waals surface area contributed by atoms with Crippen LogP contribution in [0.5, 0.6) is 11.5 Å². The molecule has 0 bridgehead atoms. The van der Waals surface area contributed by atoms with E-state index in [-0.39, 0.29) is 24.3 Å². The van der Waals surface area contributed by atoms with E-state index < -0.39 is 12.0 Å². The molecule has 0 spiro atoms. The van der Waals surface area contributed by atoms with Crippen molar-refractivity contribution < 1.29 is 19.0 Å². The van der Waals surface area contributed by atoms with Gasteiger partial charge in [-0.3, -0.25) is 9.36 Å². The van der Waals surface area contributed by atoms with Crippen LogP contribution in [0.4, 0.5) is 0 Å². The van der Waals surface area contributed by atoms with Crippen molar-refractivity contribution >= 4 is 35.0 Å². The van der Waals surface area contributed by atoms with E-state index in [0.29, 0.717) is 49.1 Å². The van der Waals surface area contributed by atoms with Crippen LogP contribution in [0.25, 0.3) is 6.08 Å². The molecule has 2 aromatic carbocycles. The van der Waals surface area contributed by atoms with Crippen LogP contribution in [0.1, 0.15) is 43.9 Å². The number of para-hydroxylation sites is 1. The van der Waals surface area contributed by atoms with Crippen molar-refractivity contribution in [3.63, 3.8) is 0 Å². The molecule has 1 aliphatic heterocycles. The molecule has 3 aromatic rings. The number of nitrogens with zero attached hydrogens (tertiary/aromatic N) is 3. The van der Waals surface area contributed by atoms with Crippen LogP contribution in [0.3, 0.4) is 0 Å². The molecule has 0 fully saturated rings. The van der Waals surface area contributed by atoms with Crippen LogP contribution in [0.2, 0.25) is 5.02 Å². The van der Waals surface area contributed by atoms with Gasteiger partial charge in [-0.05, 0) is 43.7 Å². The first-order valence-electron chi connectivity index (χ1n) is 12.1. The Hall–Kier alpha value is -3.87. The number of methoxy groups -OCH3 is 1. The van der Waals surface area contributed by atoms with Crippen LogP contribution in [-0.2, 0) is 9.53 Å². The second kappa shape index (κ2) is 12.1. The minimum absolute atomic E-state index is 0.121. The maximum Gasteiger partial charge on any atom is 0.338 e. The van der Waals surface area contributed by atoms with Crippen molar-refractivity contribution in [3.8, 4) is 17.6 Å². The zero-order chi connectivity index (χ0) is 27.2. The summed E-state index contributed by atoms with van der Waals surface area (Å²) in [6.45, 7) is 3.77. The predicted octanol–water partition coefficient (Wildman–Crippen LogP) is 4.14. The smallest absolute Gasteiger partial charge is 0.338 e. The second-order valence-electron chi connectivity index (χ2n) is 8.28. The van der Waals surface area contributed by atoms with Gasteiger partial charge in [0.25, 0.3) is 5.56 Å².